The van der Waals surface area contributed by atoms with Crippen LogP contribution in [0, 0.1) is 0 Å². The summed E-state index contributed by atoms with van der Waals surface area (Å²) in [5, 5.41) is 0. The second kappa shape index (κ2) is 3.90. The Morgan fingerprint density at radius 3 is 2.15 bits per heavy atom. The van der Waals surface area contributed by atoms with Crippen LogP contribution in [0.25, 0.3) is 0 Å². The van der Waals surface area contributed by atoms with E-state index < -0.39 is 13.4 Å². The monoisotopic (exact) mass is 264 g/mol. The van der Waals surface area contributed by atoms with Gasteiger partial charge in [0.2, 0.25) is 0 Å². The number of benzene rings is 1. The van der Waals surface area contributed by atoms with Crippen molar-refractivity contribution in [1.29, 1.82) is 0 Å². The van der Waals surface area contributed by atoms with Crippen molar-refractivity contribution in [2.45, 2.75) is 5.78 Å². The quantitative estimate of drug-likeness (QED) is 0.738. The van der Waals surface area contributed by atoms with Gasteiger partial charge in [-0.05, 0) is 19.7 Å². The minimum Gasteiger partial charge on any atom is -0.806 e. The molecule has 4 nitrogen and oxygen atoms in total. The van der Waals surface area contributed by atoms with Crippen molar-refractivity contribution >= 4 is 23.5 Å². The predicted molar refractivity (Wildman–Crippen MR) is 47.4 cm³/mol. The maximum absolute atomic E-state index is 10.6. The van der Waals surface area contributed by atoms with E-state index in [0.717, 1.165) is 4.47 Å². The maximum Gasteiger partial charge on any atom is 0.135 e. The highest BCUT2D eigenvalue weighted by Crippen LogP contribution is 2.38. The lowest BCUT2D eigenvalue weighted by Gasteiger charge is -2.32. The Morgan fingerprint density at radius 2 is 1.77 bits per heavy atom. The van der Waals surface area contributed by atoms with Gasteiger partial charge in [0.05, 0.1) is 0 Å². The first kappa shape index (κ1) is 10.9. The van der Waals surface area contributed by atoms with E-state index >= 15 is 0 Å². The average Bonchev–Trinajstić information content (AvgIpc) is 2.03. The summed E-state index contributed by atoms with van der Waals surface area (Å²) in [6.45, 7) is 0. The predicted octanol–water partition coefficient (Wildman–Crippen LogP) is -0.397. The minimum atomic E-state index is -4.62. The van der Waals surface area contributed by atoms with Crippen LogP contribution in [0.15, 0.2) is 28.7 Å². The van der Waals surface area contributed by atoms with Gasteiger partial charge in [-0.3, -0.25) is 0 Å². The molecule has 1 atom stereocenters. The van der Waals surface area contributed by atoms with Gasteiger partial charge in [-0.2, -0.15) is 0 Å². The van der Waals surface area contributed by atoms with Crippen LogP contribution >= 0.6 is 23.5 Å². The van der Waals surface area contributed by atoms with Crippen molar-refractivity contribution in [3.63, 3.8) is 0 Å². The van der Waals surface area contributed by atoms with E-state index in [4.69, 9.17) is 0 Å². The van der Waals surface area contributed by atoms with E-state index in [-0.39, 0.29) is 0 Å². The Kier molecular flexibility index (Phi) is 3.27. The third kappa shape index (κ3) is 2.90. The number of rotatable bonds is 2. The zero-order chi connectivity index (χ0) is 10.1. The summed E-state index contributed by atoms with van der Waals surface area (Å²) in [6.07, 6.45) is 0. The molecule has 0 aromatic heterocycles. The summed E-state index contributed by atoms with van der Waals surface area (Å²) in [5.74, 6) is -1.21. The van der Waals surface area contributed by atoms with Crippen LogP contribution in [-0.4, -0.2) is 0 Å². The molecule has 0 unspecified atom stereocenters. The molecule has 13 heavy (non-hydrogen) atoms. The molecule has 0 spiro atoms. The van der Waals surface area contributed by atoms with Gasteiger partial charge in [0.1, 0.15) is 5.78 Å². The van der Waals surface area contributed by atoms with E-state index in [0.29, 0.717) is 5.56 Å². The lowest BCUT2D eigenvalue weighted by atomic mass is 10.2. The van der Waals surface area contributed by atoms with E-state index in [1.165, 1.54) is 0 Å². The van der Waals surface area contributed by atoms with Crippen molar-refractivity contribution in [2.24, 2.45) is 0 Å². The topological polar surface area (TPSA) is 90.8 Å². The van der Waals surface area contributed by atoms with Crippen LogP contribution in [0.2, 0.25) is 0 Å². The number of hydrogen-bond donors (Lipinski definition) is 1. The molecule has 0 amide bonds. The Bertz CT molecular complexity index is 334. The summed E-state index contributed by atoms with van der Waals surface area (Å²) < 4.78 is 11.4. The van der Waals surface area contributed by atoms with E-state index in [1.807, 2.05) is 0 Å². The van der Waals surface area contributed by atoms with Gasteiger partial charge >= 0.3 is 0 Å². The molecule has 1 aromatic carbocycles. The van der Waals surface area contributed by atoms with Crippen molar-refractivity contribution in [3.8, 4) is 0 Å². The molecule has 72 valence electrons. The van der Waals surface area contributed by atoms with Crippen molar-refractivity contribution in [2.75, 3.05) is 0 Å². The molecule has 3 N–H and O–H groups in total. The van der Waals surface area contributed by atoms with Crippen LogP contribution < -0.4 is 15.5 Å². The molecule has 1 aromatic rings. The Labute approximate surface area is 84.1 Å². The van der Waals surface area contributed by atoms with Crippen LogP contribution in [0.3, 0.4) is 0 Å². The standard InChI is InChI=1S/C7H9BrNO3P/c8-6-3-1-5(2-4-6)7(9)13(10,11)12/h1-4,7H,9H2,(H2,10,11,12)/p-1/t7-/m1/s1. The van der Waals surface area contributed by atoms with Crippen molar-refractivity contribution in [1.82, 2.24) is 0 Å². The molecule has 6 heteroatoms. The molecular weight excluding hydrogens is 257 g/mol. The third-order valence-electron chi connectivity index (χ3n) is 1.64. The summed E-state index contributed by atoms with van der Waals surface area (Å²) >= 11 is 3.20. The molecule has 0 heterocycles. The fourth-order valence-corrected chi connectivity index (χ4v) is 1.67. The van der Waals surface area contributed by atoms with Crippen LogP contribution in [-0.2, 0) is 4.57 Å². The van der Waals surface area contributed by atoms with Gasteiger partial charge in [0.15, 0.2) is 0 Å². The number of quaternary nitrogens is 1. The lowest BCUT2D eigenvalue weighted by Crippen LogP contribution is -2.56. The zero-order valence-electron chi connectivity index (χ0n) is 6.64. The zero-order valence-corrected chi connectivity index (χ0v) is 9.12. The van der Waals surface area contributed by atoms with Crippen LogP contribution in [0.4, 0.5) is 0 Å². The van der Waals surface area contributed by atoms with Gasteiger partial charge in [0.25, 0.3) is 0 Å². The van der Waals surface area contributed by atoms with Gasteiger partial charge in [0, 0.05) is 10.0 Å². The van der Waals surface area contributed by atoms with Gasteiger partial charge < -0.3 is 20.1 Å². The Morgan fingerprint density at radius 1 is 1.31 bits per heavy atom. The van der Waals surface area contributed by atoms with Crippen molar-refractivity contribution < 1.29 is 20.1 Å². The summed E-state index contributed by atoms with van der Waals surface area (Å²) in [7, 11) is -4.62. The summed E-state index contributed by atoms with van der Waals surface area (Å²) in [5.41, 5.74) is 3.72. The molecule has 1 rings (SSSR count). The summed E-state index contributed by atoms with van der Waals surface area (Å²) in [4.78, 5) is 21.2. The Balaban J connectivity index is 2.97. The average molecular weight is 265 g/mol. The Hall–Kier alpha value is -0.190. The third-order valence-corrected chi connectivity index (χ3v) is 3.23. The highest BCUT2D eigenvalue weighted by Gasteiger charge is 2.12. The van der Waals surface area contributed by atoms with Gasteiger partial charge in [-0.25, -0.2) is 0 Å². The first-order valence-electron chi connectivity index (χ1n) is 3.51. The second-order valence-electron chi connectivity index (χ2n) is 2.61. The molecule has 0 aliphatic carbocycles. The van der Waals surface area contributed by atoms with E-state index in [2.05, 4.69) is 21.7 Å². The normalized spacial score (nSPS) is 14.2. The minimum absolute atomic E-state index is 0.413. The SMILES string of the molecule is [NH3+][C@@H](c1ccc(Br)cc1)P(=O)([O-])[O-]. The molecule has 0 fully saturated rings. The molecule has 0 aliphatic heterocycles. The summed E-state index contributed by atoms with van der Waals surface area (Å²) in [6, 6.07) is 6.46. The maximum atomic E-state index is 10.6. The fourth-order valence-electron chi connectivity index (χ4n) is 0.868. The lowest BCUT2D eigenvalue weighted by molar-refractivity contribution is -0.434. The van der Waals surface area contributed by atoms with Gasteiger partial charge in [-0.1, -0.05) is 28.1 Å². The first-order valence-corrected chi connectivity index (χ1v) is 5.92. The number of halogens is 1. The molecule has 0 saturated carbocycles. The van der Waals surface area contributed by atoms with Gasteiger partial charge in [-0.15, -0.1) is 0 Å². The largest absolute Gasteiger partial charge is 0.806 e. The van der Waals surface area contributed by atoms with Crippen LogP contribution in [0.1, 0.15) is 11.3 Å². The molecule has 0 bridgehead atoms. The molecule has 0 saturated heterocycles. The highest BCUT2D eigenvalue weighted by atomic mass is 79.9. The highest BCUT2D eigenvalue weighted by molar-refractivity contribution is 9.10. The van der Waals surface area contributed by atoms with E-state index in [1.54, 1.807) is 24.3 Å². The molecule has 0 aliphatic rings. The van der Waals surface area contributed by atoms with E-state index in [9.17, 15) is 14.4 Å². The molecular formula is C7H8BrNO3P-. The number of hydrogen-bond acceptors (Lipinski definition) is 3. The second-order valence-corrected chi connectivity index (χ2v) is 5.23. The fraction of sp³-hybridized carbons (Fsp3) is 0.143. The molecule has 0 radical (unpaired) electrons. The first-order chi connectivity index (χ1) is 5.91. The van der Waals surface area contributed by atoms with Crippen LogP contribution in [0.5, 0.6) is 0 Å². The van der Waals surface area contributed by atoms with Crippen molar-refractivity contribution in [3.05, 3.63) is 34.3 Å². The smallest absolute Gasteiger partial charge is 0.135 e.